The molecule has 0 aliphatic heterocycles. The second kappa shape index (κ2) is 5.27. The van der Waals surface area contributed by atoms with Gasteiger partial charge >= 0.3 is 6.18 Å². The SMILES string of the molecule is Cc1ccc(F)cc1C(=O)c1cccc(C(F)(F)F)c1F. The van der Waals surface area contributed by atoms with Crippen LogP contribution in [0.2, 0.25) is 0 Å². The number of ketones is 1. The van der Waals surface area contributed by atoms with Crippen LogP contribution in [0.15, 0.2) is 36.4 Å². The van der Waals surface area contributed by atoms with E-state index < -0.39 is 34.7 Å². The van der Waals surface area contributed by atoms with Crippen LogP contribution in [-0.2, 0) is 6.18 Å². The summed E-state index contributed by atoms with van der Waals surface area (Å²) < 4.78 is 64.9. The summed E-state index contributed by atoms with van der Waals surface area (Å²) in [7, 11) is 0. The fraction of sp³-hybridized carbons (Fsp3) is 0.133. The first-order valence-corrected chi connectivity index (χ1v) is 5.88. The Hall–Kier alpha value is -2.24. The van der Waals surface area contributed by atoms with Crippen molar-refractivity contribution in [3.05, 3.63) is 70.3 Å². The van der Waals surface area contributed by atoms with Gasteiger partial charge in [-0.3, -0.25) is 4.79 Å². The van der Waals surface area contributed by atoms with Gasteiger partial charge in [-0.2, -0.15) is 13.2 Å². The van der Waals surface area contributed by atoms with Crippen molar-refractivity contribution in [3.63, 3.8) is 0 Å². The van der Waals surface area contributed by atoms with Crippen LogP contribution in [0.5, 0.6) is 0 Å². The highest BCUT2D eigenvalue weighted by Crippen LogP contribution is 2.33. The Morgan fingerprint density at radius 2 is 1.67 bits per heavy atom. The fourth-order valence-corrected chi connectivity index (χ4v) is 1.91. The molecule has 0 radical (unpaired) electrons. The third-order valence-electron chi connectivity index (χ3n) is 2.99. The Kier molecular flexibility index (Phi) is 3.80. The molecule has 1 nitrogen and oxygen atoms in total. The highest BCUT2D eigenvalue weighted by atomic mass is 19.4. The number of carbonyl (C=O) groups is 1. The number of aryl methyl sites for hydroxylation is 1. The molecular weight excluding hydrogens is 291 g/mol. The second-order valence-electron chi connectivity index (χ2n) is 4.45. The summed E-state index contributed by atoms with van der Waals surface area (Å²) in [6, 6.07) is 5.70. The van der Waals surface area contributed by atoms with Crippen LogP contribution in [-0.4, -0.2) is 5.78 Å². The van der Waals surface area contributed by atoms with Gasteiger partial charge in [-0.05, 0) is 36.8 Å². The maximum absolute atomic E-state index is 13.9. The molecule has 2 rings (SSSR count). The lowest BCUT2D eigenvalue weighted by molar-refractivity contribution is -0.140. The van der Waals surface area contributed by atoms with Gasteiger partial charge in [0.05, 0.1) is 11.1 Å². The molecule has 0 saturated heterocycles. The molecule has 110 valence electrons. The van der Waals surface area contributed by atoms with Crippen LogP contribution < -0.4 is 0 Å². The van der Waals surface area contributed by atoms with Crippen LogP contribution in [0.3, 0.4) is 0 Å². The van der Waals surface area contributed by atoms with Gasteiger partial charge in [0.15, 0.2) is 5.78 Å². The topological polar surface area (TPSA) is 17.1 Å². The van der Waals surface area contributed by atoms with E-state index in [1.54, 1.807) is 0 Å². The summed E-state index contributed by atoms with van der Waals surface area (Å²) in [5, 5.41) is 0. The van der Waals surface area contributed by atoms with Crippen molar-refractivity contribution >= 4 is 5.78 Å². The van der Waals surface area contributed by atoms with E-state index in [1.165, 1.54) is 13.0 Å². The average molecular weight is 300 g/mol. The zero-order valence-corrected chi connectivity index (χ0v) is 10.8. The van der Waals surface area contributed by atoms with E-state index >= 15 is 0 Å². The quantitative estimate of drug-likeness (QED) is 0.588. The number of hydrogen-bond acceptors (Lipinski definition) is 1. The Morgan fingerprint density at radius 3 is 2.29 bits per heavy atom. The maximum Gasteiger partial charge on any atom is 0.419 e. The number of hydrogen-bond donors (Lipinski definition) is 0. The molecule has 2 aromatic carbocycles. The fourth-order valence-electron chi connectivity index (χ4n) is 1.91. The molecule has 0 heterocycles. The van der Waals surface area contributed by atoms with Crippen molar-refractivity contribution in [3.8, 4) is 0 Å². The monoisotopic (exact) mass is 300 g/mol. The lowest BCUT2D eigenvalue weighted by Crippen LogP contribution is -2.13. The number of benzene rings is 2. The minimum Gasteiger partial charge on any atom is -0.288 e. The van der Waals surface area contributed by atoms with Gasteiger partial charge in [0.25, 0.3) is 0 Å². The molecule has 0 saturated carbocycles. The predicted octanol–water partition coefficient (Wildman–Crippen LogP) is 4.52. The van der Waals surface area contributed by atoms with Gasteiger partial charge in [-0.15, -0.1) is 0 Å². The standard InChI is InChI=1S/C15H9F5O/c1-8-5-6-9(16)7-11(8)14(21)10-3-2-4-12(13(10)17)15(18,19)20/h2-7H,1H3. The normalized spacial score (nSPS) is 11.5. The molecule has 0 atom stereocenters. The highest BCUT2D eigenvalue weighted by molar-refractivity contribution is 6.10. The van der Waals surface area contributed by atoms with E-state index in [2.05, 4.69) is 0 Å². The van der Waals surface area contributed by atoms with Crippen LogP contribution in [0, 0.1) is 18.6 Å². The summed E-state index contributed by atoms with van der Waals surface area (Å²) in [4.78, 5) is 12.1. The molecule has 0 spiro atoms. The summed E-state index contributed by atoms with van der Waals surface area (Å²) in [6.07, 6.45) is -4.91. The maximum atomic E-state index is 13.9. The molecule has 0 fully saturated rings. The summed E-state index contributed by atoms with van der Waals surface area (Å²) in [5.74, 6) is -3.37. The molecule has 0 aliphatic carbocycles. The summed E-state index contributed by atoms with van der Waals surface area (Å²) in [6.45, 7) is 1.48. The van der Waals surface area contributed by atoms with Gasteiger partial charge in [-0.25, -0.2) is 8.78 Å². The molecule has 0 amide bonds. The smallest absolute Gasteiger partial charge is 0.288 e. The van der Waals surface area contributed by atoms with Crippen molar-refractivity contribution < 1.29 is 26.7 Å². The lowest BCUT2D eigenvalue weighted by atomic mass is 9.97. The molecule has 2 aromatic rings. The first-order valence-electron chi connectivity index (χ1n) is 5.88. The minimum atomic E-state index is -4.91. The number of alkyl halides is 3. The largest absolute Gasteiger partial charge is 0.419 e. The molecule has 21 heavy (non-hydrogen) atoms. The Morgan fingerprint density at radius 1 is 1.00 bits per heavy atom. The van der Waals surface area contributed by atoms with Crippen molar-refractivity contribution in [1.29, 1.82) is 0 Å². The zero-order chi connectivity index (χ0) is 15.8. The summed E-state index contributed by atoms with van der Waals surface area (Å²) in [5.41, 5.74) is -2.09. The molecule has 0 N–H and O–H groups in total. The third kappa shape index (κ3) is 2.94. The Balaban J connectivity index is 2.57. The van der Waals surface area contributed by atoms with Crippen molar-refractivity contribution in [1.82, 2.24) is 0 Å². The Labute approximate surface area is 117 Å². The van der Waals surface area contributed by atoms with Crippen molar-refractivity contribution in [2.75, 3.05) is 0 Å². The van der Waals surface area contributed by atoms with Crippen LogP contribution in [0.4, 0.5) is 22.0 Å². The van der Waals surface area contributed by atoms with Crippen LogP contribution in [0.25, 0.3) is 0 Å². The summed E-state index contributed by atoms with van der Waals surface area (Å²) >= 11 is 0. The Bertz CT molecular complexity index is 704. The average Bonchev–Trinajstić information content (AvgIpc) is 2.39. The molecular formula is C15H9F5O. The number of carbonyl (C=O) groups excluding carboxylic acids is 1. The van der Waals surface area contributed by atoms with Gasteiger partial charge < -0.3 is 0 Å². The first-order chi connectivity index (χ1) is 9.71. The zero-order valence-electron chi connectivity index (χ0n) is 10.8. The van der Waals surface area contributed by atoms with Gasteiger partial charge in [-0.1, -0.05) is 12.1 Å². The first kappa shape index (κ1) is 15.2. The van der Waals surface area contributed by atoms with Gasteiger partial charge in [0.2, 0.25) is 0 Å². The van der Waals surface area contributed by atoms with E-state index in [-0.39, 0.29) is 5.56 Å². The van der Waals surface area contributed by atoms with Gasteiger partial charge in [0, 0.05) is 5.56 Å². The molecule has 6 heteroatoms. The van der Waals surface area contributed by atoms with Gasteiger partial charge in [0.1, 0.15) is 11.6 Å². The minimum absolute atomic E-state index is 0.173. The van der Waals surface area contributed by atoms with Crippen molar-refractivity contribution in [2.24, 2.45) is 0 Å². The molecule has 0 unspecified atom stereocenters. The highest BCUT2D eigenvalue weighted by Gasteiger charge is 2.35. The molecule has 0 aromatic heterocycles. The lowest BCUT2D eigenvalue weighted by Gasteiger charge is -2.11. The van der Waals surface area contributed by atoms with Crippen LogP contribution >= 0.6 is 0 Å². The second-order valence-corrected chi connectivity index (χ2v) is 4.45. The molecule has 0 aliphatic rings. The number of halogens is 5. The third-order valence-corrected chi connectivity index (χ3v) is 2.99. The van der Waals surface area contributed by atoms with E-state index in [9.17, 15) is 26.7 Å². The van der Waals surface area contributed by atoms with E-state index in [0.29, 0.717) is 11.6 Å². The van der Waals surface area contributed by atoms with E-state index in [0.717, 1.165) is 24.3 Å². The number of rotatable bonds is 2. The predicted molar refractivity (Wildman–Crippen MR) is 66.0 cm³/mol. The van der Waals surface area contributed by atoms with E-state index in [4.69, 9.17) is 0 Å². The van der Waals surface area contributed by atoms with Crippen molar-refractivity contribution in [2.45, 2.75) is 13.1 Å². The molecule has 0 bridgehead atoms. The van der Waals surface area contributed by atoms with E-state index in [1.807, 2.05) is 0 Å². The van der Waals surface area contributed by atoms with Crippen LogP contribution in [0.1, 0.15) is 27.0 Å².